The van der Waals surface area contributed by atoms with Gasteiger partial charge >= 0.3 is 5.97 Å². The van der Waals surface area contributed by atoms with E-state index in [0.717, 1.165) is 16.5 Å². The summed E-state index contributed by atoms with van der Waals surface area (Å²) < 4.78 is 0. The summed E-state index contributed by atoms with van der Waals surface area (Å²) in [6, 6.07) is 7.75. The van der Waals surface area contributed by atoms with Gasteiger partial charge < -0.3 is 10.1 Å². The zero-order chi connectivity index (χ0) is 10.8. The molecule has 0 aliphatic heterocycles. The van der Waals surface area contributed by atoms with Gasteiger partial charge in [0.2, 0.25) is 0 Å². The lowest BCUT2D eigenvalue weighted by Crippen LogP contribution is -2.15. The van der Waals surface area contributed by atoms with Gasteiger partial charge in [0.15, 0.2) is 0 Å². The average Bonchev–Trinajstić information content (AvgIpc) is 2.62. The molecule has 0 bridgehead atoms. The predicted molar refractivity (Wildman–Crippen MR) is 59.3 cm³/mol. The van der Waals surface area contributed by atoms with Gasteiger partial charge in [0.05, 0.1) is 0 Å². The Morgan fingerprint density at radius 3 is 2.93 bits per heavy atom. The molecule has 0 radical (unpaired) electrons. The fraction of sp³-hybridized carbons (Fsp3) is 0.182. The van der Waals surface area contributed by atoms with Gasteiger partial charge in [0, 0.05) is 23.5 Å². The summed E-state index contributed by atoms with van der Waals surface area (Å²) in [5.74, 6) is -0.984. The molecule has 78 valence electrons. The molecule has 2 aromatic rings. The highest BCUT2D eigenvalue weighted by Crippen LogP contribution is 2.20. The Morgan fingerprint density at radius 1 is 1.47 bits per heavy atom. The summed E-state index contributed by atoms with van der Waals surface area (Å²) in [6.07, 6.45) is 2.14. The monoisotopic (exact) mass is 223 g/mol. The highest BCUT2D eigenvalue weighted by molar-refractivity contribution is 6.29. The molecule has 3 nitrogen and oxygen atoms in total. The third-order valence-corrected chi connectivity index (χ3v) is 2.68. The molecule has 1 aromatic carbocycles. The normalized spacial score (nSPS) is 12.9. The van der Waals surface area contributed by atoms with Crippen LogP contribution in [0.1, 0.15) is 5.56 Å². The molecule has 0 spiro atoms. The van der Waals surface area contributed by atoms with Gasteiger partial charge in [-0.3, -0.25) is 4.79 Å². The number of benzene rings is 1. The summed E-state index contributed by atoms with van der Waals surface area (Å²) in [5, 5.41) is 8.87. The third-order valence-electron chi connectivity index (χ3n) is 2.34. The van der Waals surface area contributed by atoms with Crippen LogP contribution in [0.25, 0.3) is 10.9 Å². The Morgan fingerprint density at radius 2 is 2.20 bits per heavy atom. The molecule has 2 N–H and O–H groups in total. The summed E-state index contributed by atoms with van der Waals surface area (Å²) >= 11 is 5.69. The number of rotatable bonds is 3. The lowest BCUT2D eigenvalue weighted by atomic mass is 10.1. The fourth-order valence-electron chi connectivity index (χ4n) is 1.58. The maximum Gasteiger partial charge on any atom is 0.321 e. The minimum Gasteiger partial charge on any atom is -0.480 e. The van der Waals surface area contributed by atoms with E-state index < -0.39 is 11.3 Å². The number of hydrogen-bond acceptors (Lipinski definition) is 1. The minimum atomic E-state index is -0.984. The van der Waals surface area contributed by atoms with E-state index in [1.807, 2.05) is 30.5 Å². The number of para-hydroxylation sites is 1. The molecule has 2 rings (SSSR count). The van der Waals surface area contributed by atoms with E-state index in [1.165, 1.54) is 0 Å². The van der Waals surface area contributed by atoms with E-state index in [4.69, 9.17) is 16.7 Å². The largest absolute Gasteiger partial charge is 0.480 e. The van der Waals surface area contributed by atoms with Gasteiger partial charge in [0.25, 0.3) is 0 Å². The standard InChI is InChI=1S/C11H10ClNO2/c12-9(11(14)15)5-7-6-13-10-4-2-1-3-8(7)10/h1-4,6,9,13H,5H2,(H,14,15)/t9-/m0/s1. The molecule has 0 aliphatic carbocycles. The molecule has 0 unspecified atom stereocenters. The van der Waals surface area contributed by atoms with E-state index in [2.05, 4.69) is 4.98 Å². The number of aromatic amines is 1. The second-order valence-corrected chi connectivity index (χ2v) is 3.90. The molecule has 0 saturated carbocycles. The molecule has 1 atom stereocenters. The number of alkyl halides is 1. The Balaban J connectivity index is 2.32. The first kappa shape index (κ1) is 10.1. The number of nitrogens with one attached hydrogen (secondary N) is 1. The summed E-state index contributed by atoms with van der Waals surface area (Å²) in [4.78, 5) is 13.7. The van der Waals surface area contributed by atoms with Gasteiger partial charge in [-0.1, -0.05) is 18.2 Å². The topological polar surface area (TPSA) is 53.1 Å². The second kappa shape index (κ2) is 3.95. The van der Waals surface area contributed by atoms with Crippen LogP contribution < -0.4 is 0 Å². The predicted octanol–water partition coefficient (Wildman–Crippen LogP) is 2.40. The Labute approximate surface area is 91.7 Å². The van der Waals surface area contributed by atoms with Gasteiger partial charge in [-0.05, 0) is 11.6 Å². The number of carboxylic acid groups (broad SMARTS) is 1. The first-order valence-corrected chi connectivity index (χ1v) is 5.04. The lowest BCUT2D eigenvalue weighted by molar-refractivity contribution is -0.136. The molecule has 0 saturated heterocycles. The van der Waals surface area contributed by atoms with Crippen molar-refractivity contribution in [1.29, 1.82) is 0 Å². The number of fused-ring (bicyclic) bond motifs is 1. The number of aromatic nitrogens is 1. The Bertz CT molecular complexity index is 492. The van der Waals surface area contributed by atoms with Crippen LogP contribution in [0.15, 0.2) is 30.5 Å². The van der Waals surface area contributed by atoms with Crippen molar-refractivity contribution < 1.29 is 9.90 Å². The van der Waals surface area contributed by atoms with Crippen LogP contribution in [-0.4, -0.2) is 21.4 Å². The van der Waals surface area contributed by atoms with E-state index in [-0.39, 0.29) is 0 Å². The van der Waals surface area contributed by atoms with E-state index in [1.54, 1.807) is 0 Å². The highest BCUT2D eigenvalue weighted by Gasteiger charge is 2.16. The first-order valence-electron chi connectivity index (χ1n) is 4.60. The molecular weight excluding hydrogens is 214 g/mol. The Kier molecular flexibility index (Phi) is 2.64. The van der Waals surface area contributed by atoms with Gasteiger partial charge in [-0.25, -0.2) is 0 Å². The summed E-state index contributed by atoms with van der Waals surface area (Å²) in [6.45, 7) is 0. The number of carbonyl (C=O) groups is 1. The SMILES string of the molecule is O=C(O)[C@@H](Cl)Cc1c[nH]c2ccccc12. The molecule has 0 aliphatic rings. The van der Waals surface area contributed by atoms with Crippen molar-refractivity contribution in [3.8, 4) is 0 Å². The van der Waals surface area contributed by atoms with Crippen molar-refractivity contribution in [1.82, 2.24) is 4.98 Å². The molecule has 1 aromatic heterocycles. The highest BCUT2D eigenvalue weighted by atomic mass is 35.5. The third kappa shape index (κ3) is 1.97. The smallest absolute Gasteiger partial charge is 0.321 e. The van der Waals surface area contributed by atoms with E-state index in [9.17, 15) is 4.79 Å². The van der Waals surface area contributed by atoms with Crippen LogP contribution in [-0.2, 0) is 11.2 Å². The van der Waals surface area contributed by atoms with Crippen molar-refractivity contribution in [3.63, 3.8) is 0 Å². The molecular formula is C11H10ClNO2. The van der Waals surface area contributed by atoms with E-state index in [0.29, 0.717) is 6.42 Å². The summed E-state index contributed by atoms with van der Waals surface area (Å²) in [7, 11) is 0. The minimum absolute atomic E-state index is 0.334. The lowest BCUT2D eigenvalue weighted by Gasteiger charge is -2.02. The van der Waals surface area contributed by atoms with Crippen LogP contribution in [0, 0.1) is 0 Å². The van der Waals surface area contributed by atoms with Crippen LogP contribution in [0.2, 0.25) is 0 Å². The molecule has 0 fully saturated rings. The average molecular weight is 224 g/mol. The summed E-state index contributed by atoms with van der Waals surface area (Å²) in [5.41, 5.74) is 1.94. The molecule has 15 heavy (non-hydrogen) atoms. The maximum atomic E-state index is 10.6. The molecule has 1 heterocycles. The van der Waals surface area contributed by atoms with E-state index >= 15 is 0 Å². The van der Waals surface area contributed by atoms with Gasteiger partial charge in [-0.2, -0.15) is 0 Å². The number of hydrogen-bond donors (Lipinski definition) is 2. The second-order valence-electron chi connectivity index (χ2n) is 3.37. The van der Waals surface area contributed by atoms with Crippen molar-refractivity contribution in [2.75, 3.05) is 0 Å². The number of H-pyrrole nitrogens is 1. The van der Waals surface area contributed by atoms with Crippen LogP contribution in [0.3, 0.4) is 0 Å². The quantitative estimate of drug-likeness (QED) is 0.786. The number of aliphatic carboxylic acids is 1. The zero-order valence-corrected chi connectivity index (χ0v) is 8.66. The van der Waals surface area contributed by atoms with Crippen LogP contribution >= 0.6 is 11.6 Å². The zero-order valence-electron chi connectivity index (χ0n) is 7.90. The van der Waals surface area contributed by atoms with Crippen molar-refractivity contribution in [2.24, 2.45) is 0 Å². The molecule has 4 heteroatoms. The van der Waals surface area contributed by atoms with Crippen molar-refractivity contribution in [2.45, 2.75) is 11.8 Å². The number of carboxylic acids is 1. The van der Waals surface area contributed by atoms with Crippen LogP contribution in [0.5, 0.6) is 0 Å². The van der Waals surface area contributed by atoms with Gasteiger partial charge in [0.1, 0.15) is 5.38 Å². The van der Waals surface area contributed by atoms with Crippen molar-refractivity contribution >= 4 is 28.5 Å². The van der Waals surface area contributed by atoms with Gasteiger partial charge in [-0.15, -0.1) is 11.6 Å². The maximum absolute atomic E-state index is 10.6. The number of halogens is 1. The Hall–Kier alpha value is -1.48. The van der Waals surface area contributed by atoms with Crippen LogP contribution in [0.4, 0.5) is 0 Å². The first-order chi connectivity index (χ1) is 7.18. The fourth-order valence-corrected chi connectivity index (χ4v) is 1.75. The van der Waals surface area contributed by atoms with Crippen molar-refractivity contribution in [3.05, 3.63) is 36.0 Å². The molecule has 0 amide bonds.